The Morgan fingerprint density at radius 2 is 1.46 bits per heavy atom. The van der Waals surface area contributed by atoms with E-state index in [2.05, 4.69) is 0 Å². The van der Waals surface area contributed by atoms with Crippen LogP contribution in [-0.4, -0.2) is 44.4 Å². The van der Waals surface area contributed by atoms with Crippen molar-refractivity contribution in [3.63, 3.8) is 0 Å². The van der Waals surface area contributed by atoms with E-state index in [1.807, 2.05) is 0 Å². The van der Waals surface area contributed by atoms with Crippen LogP contribution in [0.3, 0.4) is 0 Å². The number of carbonyl (C=O) groups is 3. The third-order valence-corrected chi connectivity index (χ3v) is 1.35. The minimum absolute atomic E-state index is 0.928. The molecule has 0 bridgehead atoms. The first-order valence-corrected chi connectivity index (χ1v) is 3.21. The van der Waals surface area contributed by atoms with Crippen molar-refractivity contribution in [2.45, 2.75) is 12.5 Å². The van der Waals surface area contributed by atoms with Crippen LogP contribution in [0.25, 0.3) is 0 Å². The zero-order valence-corrected chi connectivity index (χ0v) is 6.38. The molecule has 7 nitrogen and oxygen atoms in total. The molecule has 0 radical (unpaired) electrons. The molecule has 0 aromatic rings. The highest BCUT2D eigenvalue weighted by Gasteiger charge is 2.33. The Hall–Kier alpha value is -1.63. The first-order valence-electron chi connectivity index (χ1n) is 3.21. The topological polar surface area (TPSA) is 132 Å². The van der Waals surface area contributed by atoms with Gasteiger partial charge in [-0.3, -0.25) is 9.59 Å². The van der Waals surface area contributed by atoms with Crippen LogP contribution in [0, 0.1) is 5.92 Å². The lowest BCUT2D eigenvalue weighted by Gasteiger charge is -2.12. The summed E-state index contributed by atoms with van der Waals surface area (Å²) in [5, 5.41) is 33.5. The van der Waals surface area contributed by atoms with E-state index in [0.717, 1.165) is 0 Å². The van der Waals surface area contributed by atoms with Crippen LogP contribution in [0.1, 0.15) is 6.42 Å². The largest absolute Gasteiger partial charge is 0.481 e. The average Bonchev–Trinajstić information content (AvgIpc) is 1.97. The van der Waals surface area contributed by atoms with Gasteiger partial charge in [-0.2, -0.15) is 0 Å². The predicted molar refractivity (Wildman–Crippen MR) is 37.0 cm³/mol. The molecule has 0 amide bonds. The predicted octanol–water partition coefficient (Wildman–Crippen LogP) is -1.39. The van der Waals surface area contributed by atoms with Gasteiger partial charge in [0.2, 0.25) is 0 Å². The highest BCUT2D eigenvalue weighted by atomic mass is 16.4. The van der Waals surface area contributed by atoms with Gasteiger partial charge in [0, 0.05) is 0 Å². The molecule has 4 N–H and O–H groups in total. The van der Waals surface area contributed by atoms with Crippen LogP contribution in [0.2, 0.25) is 0 Å². The van der Waals surface area contributed by atoms with Gasteiger partial charge in [0.1, 0.15) is 5.92 Å². The molecule has 0 aromatic heterocycles. The first kappa shape index (κ1) is 11.4. The van der Waals surface area contributed by atoms with Crippen LogP contribution in [0.15, 0.2) is 0 Å². The Labute approximate surface area is 72.2 Å². The van der Waals surface area contributed by atoms with Gasteiger partial charge < -0.3 is 20.4 Å². The second-order valence-corrected chi connectivity index (χ2v) is 2.33. The van der Waals surface area contributed by atoms with Gasteiger partial charge in [0.15, 0.2) is 6.10 Å². The van der Waals surface area contributed by atoms with Crippen LogP contribution in [0.5, 0.6) is 0 Å². The fraction of sp³-hybridized carbons (Fsp3) is 0.500. The second-order valence-electron chi connectivity index (χ2n) is 2.33. The molecule has 0 saturated heterocycles. The van der Waals surface area contributed by atoms with E-state index in [-0.39, 0.29) is 0 Å². The summed E-state index contributed by atoms with van der Waals surface area (Å²) in [5.74, 6) is -6.71. The molecule has 7 heteroatoms. The van der Waals surface area contributed by atoms with Gasteiger partial charge >= 0.3 is 17.9 Å². The van der Waals surface area contributed by atoms with Gasteiger partial charge in [0.05, 0.1) is 6.42 Å². The third kappa shape index (κ3) is 3.52. The molecule has 0 saturated carbocycles. The van der Waals surface area contributed by atoms with Crippen molar-refractivity contribution < 1.29 is 34.8 Å². The fourth-order valence-corrected chi connectivity index (χ4v) is 0.694. The van der Waals surface area contributed by atoms with E-state index in [9.17, 15) is 14.4 Å². The van der Waals surface area contributed by atoms with E-state index in [1.54, 1.807) is 0 Å². The minimum Gasteiger partial charge on any atom is -0.481 e. The number of hydrogen-bond acceptors (Lipinski definition) is 4. The molecular formula is C6H8O7. The summed E-state index contributed by atoms with van der Waals surface area (Å²) in [6.07, 6.45) is -3.13. The second kappa shape index (κ2) is 4.41. The summed E-state index contributed by atoms with van der Waals surface area (Å²) in [6, 6.07) is 0. The molecule has 0 aliphatic heterocycles. The Kier molecular flexibility index (Phi) is 3.86. The van der Waals surface area contributed by atoms with E-state index >= 15 is 0 Å². The van der Waals surface area contributed by atoms with Crippen molar-refractivity contribution in [3.8, 4) is 0 Å². The average molecular weight is 192 g/mol. The summed E-state index contributed by atoms with van der Waals surface area (Å²) in [4.78, 5) is 30.5. The Bertz CT molecular complexity index is 233. The van der Waals surface area contributed by atoms with Crippen molar-refractivity contribution in [2.24, 2.45) is 5.92 Å². The van der Waals surface area contributed by atoms with Gasteiger partial charge in [0.25, 0.3) is 0 Å². The number of carboxylic acids is 3. The van der Waals surface area contributed by atoms with Crippen molar-refractivity contribution >= 4 is 17.9 Å². The van der Waals surface area contributed by atoms with E-state index in [4.69, 9.17) is 20.4 Å². The maximum Gasteiger partial charge on any atom is 0.333 e. The maximum absolute atomic E-state index is 10.3. The number of carboxylic acid groups (broad SMARTS) is 3. The normalized spacial score (nSPS) is 14.5. The SMILES string of the molecule is O=C(O)C[C@H](C(=O)O)[C@H](O)C(=O)O. The molecular weight excluding hydrogens is 184 g/mol. The zero-order valence-electron chi connectivity index (χ0n) is 6.38. The smallest absolute Gasteiger partial charge is 0.333 e. The Morgan fingerprint density at radius 1 is 1.00 bits per heavy atom. The van der Waals surface area contributed by atoms with Crippen molar-refractivity contribution in [2.75, 3.05) is 0 Å². The minimum atomic E-state index is -2.20. The molecule has 0 rings (SSSR count). The number of hydrogen-bond donors (Lipinski definition) is 4. The lowest BCUT2D eigenvalue weighted by atomic mass is 9.99. The molecule has 0 aliphatic carbocycles. The van der Waals surface area contributed by atoms with Crippen molar-refractivity contribution in [3.05, 3.63) is 0 Å². The quantitative estimate of drug-likeness (QED) is 0.421. The summed E-state index contributed by atoms with van der Waals surface area (Å²) in [5.41, 5.74) is 0. The molecule has 13 heavy (non-hydrogen) atoms. The number of aliphatic carboxylic acids is 3. The number of aliphatic hydroxyl groups is 1. The van der Waals surface area contributed by atoms with Gasteiger partial charge in [-0.25, -0.2) is 4.79 Å². The Balaban J connectivity index is 4.51. The van der Waals surface area contributed by atoms with E-state index < -0.39 is 36.4 Å². The molecule has 0 aliphatic rings. The van der Waals surface area contributed by atoms with Gasteiger partial charge in [-0.1, -0.05) is 0 Å². The van der Waals surface area contributed by atoms with Crippen LogP contribution in [-0.2, 0) is 14.4 Å². The lowest BCUT2D eigenvalue weighted by Crippen LogP contribution is -2.36. The Morgan fingerprint density at radius 3 is 1.69 bits per heavy atom. The summed E-state index contributed by atoms with van der Waals surface area (Å²) in [6.45, 7) is 0. The molecule has 0 unspecified atom stereocenters. The van der Waals surface area contributed by atoms with Crippen LogP contribution < -0.4 is 0 Å². The van der Waals surface area contributed by atoms with E-state index in [1.165, 1.54) is 0 Å². The summed E-state index contributed by atoms with van der Waals surface area (Å²) >= 11 is 0. The summed E-state index contributed by atoms with van der Waals surface area (Å²) in [7, 11) is 0. The lowest BCUT2D eigenvalue weighted by molar-refractivity contribution is -0.162. The number of rotatable bonds is 5. The third-order valence-electron chi connectivity index (χ3n) is 1.35. The van der Waals surface area contributed by atoms with Crippen molar-refractivity contribution in [1.82, 2.24) is 0 Å². The molecule has 74 valence electrons. The molecule has 2 atom stereocenters. The first-order chi connectivity index (χ1) is 5.86. The molecule has 0 spiro atoms. The zero-order chi connectivity index (χ0) is 10.6. The van der Waals surface area contributed by atoms with Crippen LogP contribution >= 0.6 is 0 Å². The standard InChI is InChI=1S/C6H8O7/c7-3(8)1-2(5(10)11)4(9)6(12)13/h2,4,9H,1H2,(H,7,8)(H,10,11)(H,12,13)/t2-,4-/m0/s1. The monoisotopic (exact) mass is 192 g/mol. The fourth-order valence-electron chi connectivity index (χ4n) is 0.694. The molecule has 0 aromatic carbocycles. The highest BCUT2D eigenvalue weighted by molar-refractivity contribution is 5.85. The number of aliphatic hydroxyl groups excluding tert-OH is 1. The highest BCUT2D eigenvalue weighted by Crippen LogP contribution is 2.09. The summed E-state index contributed by atoms with van der Waals surface area (Å²) < 4.78 is 0. The van der Waals surface area contributed by atoms with Crippen molar-refractivity contribution in [1.29, 1.82) is 0 Å². The maximum atomic E-state index is 10.3. The molecule has 0 heterocycles. The van der Waals surface area contributed by atoms with E-state index in [0.29, 0.717) is 0 Å². The van der Waals surface area contributed by atoms with Crippen LogP contribution in [0.4, 0.5) is 0 Å². The van der Waals surface area contributed by atoms with Gasteiger partial charge in [-0.05, 0) is 0 Å². The van der Waals surface area contributed by atoms with Gasteiger partial charge in [-0.15, -0.1) is 0 Å². The molecule has 0 fully saturated rings.